The van der Waals surface area contributed by atoms with Gasteiger partial charge in [0, 0.05) is 57.6 Å². The molecule has 4 fully saturated rings. The third-order valence-corrected chi connectivity index (χ3v) is 7.53. The number of carboxylic acids is 2. The number of likely N-dealkylation sites (tertiary alicyclic amines) is 1. The Morgan fingerprint density at radius 2 is 1.48 bits per heavy atom. The molecule has 4 heterocycles. The average Bonchev–Trinajstić information content (AvgIpc) is 3.71. The van der Waals surface area contributed by atoms with Gasteiger partial charge in [0.05, 0.1) is 18.6 Å². The van der Waals surface area contributed by atoms with Crippen molar-refractivity contribution >= 4 is 23.8 Å². The minimum atomic E-state index is -5.08. The van der Waals surface area contributed by atoms with Crippen molar-refractivity contribution in [2.75, 3.05) is 63.9 Å². The molecule has 0 spiro atoms. The van der Waals surface area contributed by atoms with Gasteiger partial charge in [-0.3, -0.25) is 4.79 Å². The van der Waals surface area contributed by atoms with E-state index < -0.39 is 24.3 Å². The zero-order chi connectivity index (χ0) is 31.1. The molecule has 1 amide bonds. The second-order valence-corrected chi connectivity index (χ2v) is 10.6. The summed E-state index contributed by atoms with van der Waals surface area (Å²) in [4.78, 5) is 47.5. The molecule has 42 heavy (non-hydrogen) atoms. The fraction of sp³-hybridized carbons (Fsp3) is 0.720. The number of carboxylic acid groups (broad SMARTS) is 2. The van der Waals surface area contributed by atoms with Gasteiger partial charge < -0.3 is 29.6 Å². The maximum atomic E-state index is 13.8. The summed E-state index contributed by atoms with van der Waals surface area (Å²) in [5.74, 6) is -3.18. The van der Waals surface area contributed by atoms with Crippen molar-refractivity contribution in [1.29, 1.82) is 0 Å². The molecule has 1 saturated carbocycles. The maximum Gasteiger partial charge on any atom is 0.490 e. The molecule has 2 atom stereocenters. The molecular formula is C25H33F6N5O6. The summed E-state index contributed by atoms with van der Waals surface area (Å²) < 4.78 is 69.0. The van der Waals surface area contributed by atoms with Crippen molar-refractivity contribution in [3.8, 4) is 0 Å². The zero-order valence-corrected chi connectivity index (χ0v) is 22.6. The third-order valence-electron chi connectivity index (χ3n) is 7.53. The molecule has 11 nitrogen and oxygen atoms in total. The molecule has 236 valence electrons. The fourth-order valence-corrected chi connectivity index (χ4v) is 5.38. The molecule has 0 unspecified atom stereocenters. The molecule has 0 radical (unpaired) electrons. The van der Waals surface area contributed by atoms with Crippen LogP contribution in [0.5, 0.6) is 0 Å². The fourth-order valence-electron chi connectivity index (χ4n) is 5.38. The van der Waals surface area contributed by atoms with Gasteiger partial charge in [0.2, 0.25) is 11.9 Å². The highest BCUT2D eigenvalue weighted by atomic mass is 19.4. The van der Waals surface area contributed by atoms with Crippen LogP contribution in [0.25, 0.3) is 0 Å². The summed E-state index contributed by atoms with van der Waals surface area (Å²) in [7, 11) is 0. The van der Waals surface area contributed by atoms with Gasteiger partial charge in [-0.1, -0.05) is 0 Å². The van der Waals surface area contributed by atoms with E-state index in [1.165, 1.54) is 19.4 Å². The van der Waals surface area contributed by atoms with E-state index in [9.17, 15) is 31.1 Å². The molecule has 1 aliphatic carbocycles. The van der Waals surface area contributed by atoms with Crippen LogP contribution < -0.4 is 4.90 Å². The first-order valence-corrected chi connectivity index (χ1v) is 13.3. The Morgan fingerprint density at radius 1 is 0.929 bits per heavy atom. The number of rotatable bonds is 4. The summed E-state index contributed by atoms with van der Waals surface area (Å²) in [6.07, 6.45) is -1.74. The summed E-state index contributed by atoms with van der Waals surface area (Å²) in [5, 5.41) is 14.2. The van der Waals surface area contributed by atoms with Crippen molar-refractivity contribution in [3.05, 3.63) is 18.5 Å². The van der Waals surface area contributed by atoms with Crippen LogP contribution in [0.1, 0.15) is 25.7 Å². The van der Waals surface area contributed by atoms with Crippen LogP contribution in [0.3, 0.4) is 0 Å². The third kappa shape index (κ3) is 9.14. The summed E-state index contributed by atoms with van der Waals surface area (Å²) in [6, 6.07) is 1.85. The number of halogens is 6. The number of aliphatic carboxylic acids is 2. The minimum Gasteiger partial charge on any atom is -0.475 e. The molecule has 17 heteroatoms. The van der Waals surface area contributed by atoms with E-state index in [-0.39, 0.29) is 5.41 Å². The normalized spacial score (nSPS) is 24.8. The molecule has 0 bridgehead atoms. The Hall–Kier alpha value is -3.21. The average molecular weight is 614 g/mol. The molecule has 4 aliphatic rings. The van der Waals surface area contributed by atoms with Gasteiger partial charge in [-0.05, 0) is 44.2 Å². The maximum absolute atomic E-state index is 13.8. The van der Waals surface area contributed by atoms with E-state index >= 15 is 0 Å². The molecule has 5 rings (SSSR count). The van der Waals surface area contributed by atoms with Crippen LogP contribution in [0.2, 0.25) is 0 Å². The molecule has 3 saturated heterocycles. The molecule has 3 aliphatic heterocycles. The summed E-state index contributed by atoms with van der Waals surface area (Å²) in [6.45, 7) is 7.75. The Balaban J connectivity index is 0.000000289. The van der Waals surface area contributed by atoms with E-state index in [0.717, 1.165) is 64.0 Å². The predicted molar refractivity (Wildman–Crippen MR) is 133 cm³/mol. The number of ether oxygens (including phenoxy) is 1. The van der Waals surface area contributed by atoms with E-state index in [0.29, 0.717) is 25.0 Å². The predicted octanol–water partition coefficient (Wildman–Crippen LogP) is 2.53. The van der Waals surface area contributed by atoms with Crippen molar-refractivity contribution in [1.82, 2.24) is 19.8 Å². The Bertz CT molecular complexity index is 1040. The minimum absolute atomic E-state index is 0.311. The van der Waals surface area contributed by atoms with Crippen LogP contribution in [-0.4, -0.2) is 119 Å². The number of fused-ring (bicyclic) bond motifs is 1. The lowest BCUT2D eigenvalue weighted by Crippen LogP contribution is -2.52. The van der Waals surface area contributed by atoms with Crippen molar-refractivity contribution in [2.45, 2.75) is 38.0 Å². The number of hydrogen-bond donors (Lipinski definition) is 2. The number of nitrogens with zero attached hydrogens (tertiary/aromatic N) is 5. The smallest absolute Gasteiger partial charge is 0.475 e. The van der Waals surface area contributed by atoms with Gasteiger partial charge in [-0.25, -0.2) is 19.6 Å². The molecular weight excluding hydrogens is 580 g/mol. The highest BCUT2D eigenvalue weighted by molar-refractivity contribution is 5.85. The summed E-state index contributed by atoms with van der Waals surface area (Å²) >= 11 is 0. The van der Waals surface area contributed by atoms with E-state index in [1.807, 2.05) is 6.07 Å². The molecule has 2 N–H and O–H groups in total. The van der Waals surface area contributed by atoms with Crippen LogP contribution in [0.4, 0.5) is 32.3 Å². The van der Waals surface area contributed by atoms with Crippen molar-refractivity contribution in [2.24, 2.45) is 17.3 Å². The van der Waals surface area contributed by atoms with E-state index in [2.05, 4.69) is 24.7 Å². The molecule has 0 aromatic carbocycles. The highest BCUT2D eigenvalue weighted by Crippen LogP contribution is 2.45. The number of amides is 1. The number of morpholine rings is 1. The SMILES string of the molecule is O=C(N1CCOCC1)[C@]12CCCN(CC3CC3)C[C@H]1CN(c1ncccn1)C2.O=C(O)C(F)(F)F.O=C(O)C(F)(F)F. The van der Waals surface area contributed by atoms with Crippen molar-refractivity contribution < 1.29 is 55.7 Å². The molecule has 1 aromatic heterocycles. The number of anilines is 1. The first kappa shape index (κ1) is 33.3. The second kappa shape index (κ2) is 13.8. The zero-order valence-electron chi connectivity index (χ0n) is 22.6. The van der Waals surface area contributed by atoms with Crippen LogP contribution in [-0.2, 0) is 19.1 Å². The standard InChI is InChI=1S/C21H31N5O2.2C2HF3O2/c27-19(25-9-11-28-12-10-25)21-5-1-8-24(13-17-3-4-17)14-18(21)15-26(16-21)20-22-6-2-7-23-20;2*3-2(4,5)1(6)7/h2,6-7,17-18H,1,3-5,8-16H2;2*(H,6,7)/t18-,21-;;/m0../s1. The second-order valence-electron chi connectivity index (χ2n) is 10.6. The highest BCUT2D eigenvalue weighted by Gasteiger charge is 2.55. The Morgan fingerprint density at radius 3 is 1.98 bits per heavy atom. The largest absolute Gasteiger partial charge is 0.490 e. The van der Waals surface area contributed by atoms with E-state index in [4.69, 9.17) is 24.5 Å². The topological polar surface area (TPSA) is 136 Å². The quantitative estimate of drug-likeness (QED) is 0.488. The van der Waals surface area contributed by atoms with Gasteiger partial charge in [0.1, 0.15) is 0 Å². The van der Waals surface area contributed by atoms with Gasteiger partial charge in [-0.2, -0.15) is 26.3 Å². The molecule has 1 aromatic rings. The monoisotopic (exact) mass is 613 g/mol. The Labute approximate surface area is 237 Å². The lowest BCUT2D eigenvalue weighted by molar-refractivity contribution is -0.193. The number of hydrogen-bond acceptors (Lipinski definition) is 8. The van der Waals surface area contributed by atoms with Gasteiger partial charge in [0.15, 0.2) is 0 Å². The Kier molecular flexibility index (Phi) is 11.0. The van der Waals surface area contributed by atoms with E-state index in [1.54, 1.807) is 12.4 Å². The number of carbonyl (C=O) groups excluding carboxylic acids is 1. The lowest BCUT2D eigenvalue weighted by atomic mass is 9.73. The number of aromatic nitrogens is 2. The lowest BCUT2D eigenvalue weighted by Gasteiger charge is -2.38. The van der Waals surface area contributed by atoms with Gasteiger partial charge >= 0.3 is 24.3 Å². The van der Waals surface area contributed by atoms with Gasteiger partial charge in [-0.15, -0.1) is 0 Å². The number of alkyl halides is 6. The van der Waals surface area contributed by atoms with Crippen LogP contribution in [0, 0.1) is 17.3 Å². The van der Waals surface area contributed by atoms with Gasteiger partial charge in [0.25, 0.3) is 0 Å². The number of carbonyl (C=O) groups is 3. The van der Waals surface area contributed by atoms with Crippen molar-refractivity contribution in [3.63, 3.8) is 0 Å². The first-order chi connectivity index (χ1) is 19.6. The van der Waals surface area contributed by atoms with Crippen LogP contribution in [0.15, 0.2) is 18.5 Å². The van der Waals surface area contributed by atoms with Crippen LogP contribution >= 0.6 is 0 Å². The summed E-state index contributed by atoms with van der Waals surface area (Å²) in [5.41, 5.74) is -0.311. The first-order valence-electron chi connectivity index (χ1n) is 13.3.